The number of halogens is 1. The summed E-state index contributed by atoms with van der Waals surface area (Å²) in [4.78, 5) is 0. The van der Waals surface area contributed by atoms with E-state index >= 15 is 0 Å². The average Bonchev–Trinajstić information content (AvgIpc) is 2.39. The van der Waals surface area contributed by atoms with Gasteiger partial charge in [-0.2, -0.15) is 4.39 Å². The van der Waals surface area contributed by atoms with Gasteiger partial charge in [0.05, 0.1) is 13.1 Å². The Morgan fingerprint density at radius 2 is 2.00 bits per heavy atom. The Bertz CT molecular complexity index is 142. The Morgan fingerprint density at radius 3 is 2.40 bits per heavy atom. The molecule has 2 heteroatoms. The maximum atomic E-state index is 12.4. The summed E-state index contributed by atoms with van der Waals surface area (Å²) in [7, 11) is 0. The number of likely N-dealkylation sites (tertiary alicyclic amines) is 1. The lowest BCUT2D eigenvalue weighted by atomic mass is 10.4. The number of quaternary nitrogens is 1. The fourth-order valence-electron chi connectivity index (χ4n) is 1.52. The van der Waals surface area contributed by atoms with E-state index in [-0.39, 0.29) is 6.80 Å². The zero-order chi connectivity index (χ0) is 7.45. The van der Waals surface area contributed by atoms with Crippen LogP contribution in [-0.4, -0.2) is 30.9 Å². The van der Waals surface area contributed by atoms with Gasteiger partial charge in [0.15, 0.2) is 0 Å². The minimum atomic E-state index is -0.288. The maximum absolute atomic E-state index is 12.4. The van der Waals surface area contributed by atoms with Crippen molar-refractivity contribution in [2.24, 2.45) is 0 Å². The molecule has 0 saturated carbocycles. The Balaban J connectivity index is 2.51. The molecular formula is C8H13FN+. The lowest BCUT2D eigenvalue weighted by Crippen LogP contribution is -2.44. The first-order valence-corrected chi connectivity index (χ1v) is 3.67. The molecule has 0 amide bonds. The molecule has 0 unspecified atom stereocenters. The first-order valence-electron chi connectivity index (χ1n) is 3.67. The van der Waals surface area contributed by atoms with E-state index in [0.717, 1.165) is 25.9 Å². The predicted octanol–water partition coefficient (Wildman–Crippen LogP) is 1.16. The zero-order valence-electron chi connectivity index (χ0n) is 6.15. The summed E-state index contributed by atoms with van der Waals surface area (Å²) in [5.41, 5.74) is 0. The van der Waals surface area contributed by atoms with E-state index in [1.807, 2.05) is 0 Å². The Morgan fingerprint density at radius 1 is 1.40 bits per heavy atom. The number of alkyl halides is 1. The molecule has 10 heavy (non-hydrogen) atoms. The lowest BCUT2D eigenvalue weighted by molar-refractivity contribution is -0.921. The first kappa shape index (κ1) is 7.56. The van der Waals surface area contributed by atoms with E-state index in [4.69, 9.17) is 6.42 Å². The Kier molecular flexibility index (Phi) is 2.29. The molecule has 1 nitrogen and oxygen atoms in total. The zero-order valence-corrected chi connectivity index (χ0v) is 6.15. The summed E-state index contributed by atoms with van der Waals surface area (Å²) in [6, 6.07) is 0. The molecule has 1 fully saturated rings. The molecule has 1 saturated heterocycles. The van der Waals surface area contributed by atoms with Gasteiger partial charge in [0.25, 0.3) is 0 Å². The van der Waals surface area contributed by atoms with Crippen LogP contribution in [0.25, 0.3) is 0 Å². The molecule has 0 N–H and O–H groups in total. The highest BCUT2D eigenvalue weighted by atomic mass is 19.1. The van der Waals surface area contributed by atoms with Crippen LogP contribution in [0.3, 0.4) is 0 Å². The van der Waals surface area contributed by atoms with Crippen LogP contribution < -0.4 is 0 Å². The first-order chi connectivity index (χ1) is 4.83. The third-order valence-electron chi connectivity index (χ3n) is 2.20. The lowest BCUT2D eigenvalue weighted by Gasteiger charge is -2.27. The van der Waals surface area contributed by atoms with Crippen molar-refractivity contribution in [3.63, 3.8) is 0 Å². The fraction of sp³-hybridized carbons (Fsp3) is 0.750. The topological polar surface area (TPSA) is 0 Å². The van der Waals surface area contributed by atoms with Crippen LogP contribution in [0.5, 0.6) is 0 Å². The number of terminal acetylenes is 1. The number of hydrogen-bond donors (Lipinski definition) is 0. The molecule has 0 aromatic carbocycles. The molecule has 1 rings (SSSR count). The quantitative estimate of drug-likeness (QED) is 0.308. The molecular weight excluding hydrogens is 129 g/mol. The second-order valence-corrected chi connectivity index (χ2v) is 2.98. The average molecular weight is 142 g/mol. The van der Waals surface area contributed by atoms with Gasteiger partial charge in [-0.3, -0.25) is 4.48 Å². The van der Waals surface area contributed by atoms with E-state index in [0.29, 0.717) is 11.0 Å². The van der Waals surface area contributed by atoms with Crippen LogP contribution in [0.15, 0.2) is 0 Å². The maximum Gasteiger partial charge on any atom is 0.222 e. The van der Waals surface area contributed by atoms with Crippen molar-refractivity contribution in [1.82, 2.24) is 0 Å². The number of nitrogens with zero attached hydrogens (tertiary/aromatic N) is 1. The van der Waals surface area contributed by atoms with Crippen molar-refractivity contribution in [2.45, 2.75) is 12.8 Å². The van der Waals surface area contributed by atoms with Gasteiger partial charge in [0.1, 0.15) is 6.54 Å². The largest absolute Gasteiger partial charge is 0.287 e. The Hall–Kier alpha value is -0.550. The minimum Gasteiger partial charge on any atom is -0.287 e. The van der Waals surface area contributed by atoms with Crippen molar-refractivity contribution in [3.8, 4) is 12.3 Å². The van der Waals surface area contributed by atoms with Crippen LogP contribution >= 0.6 is 0 Å². The number of hydrogen-bond acceptors (Lipinski definition) is 0. The predicted molar refractivity (Wildman–Crippen MR) is 38.9 cm³/mol. The van der Waals surface area contributed by atoms with Crippen molar-refractivity contribution in [3.05, 3.63) is 0 Å². The van der Waals surface area contributed by atoms with E-state index in [1.165, 1.54) is 0 Å². The summed E-state index contributed by atoms with van der Waals surface area (Å²) in [5, 5.41) is 0. The normalized spacial score (nSPS) is 22.4. The standard InChI is InChI=1S/C8H13FN/c1-2-5-10(8-9)6-3-4-7-10/h1H,3-8H2/q+1. The summed E-state index contributed by atoms with van der Waals surface area (Å²) in [6.45, 7) is 2.14. The molecule has 1 aliphatic heterocycles. The Labute approximate surface area is 61.4 Å². The minimum absolute atomic E-state index is 0.288. The highest BCUT2D eigenvalue weighted by Crippen LogP contribution is 2.18. The highest BCUT2D eigenvalue weighted by molar-refractivity contribution is 4.84. The SMILES string of the molecule is C#CC[N+]1(CF)CCCC1. The van der Waals surface area contributed by atoms with Gasteiger partial charge in [-0.1, -0.05) is 0 Å². The van der Waals surface area contributed by atoms with Gasteiger partial charge in [-0.05, 0) is 5.92 Å². The van der Waals surface area contributed by atoms with E-state index in [1.54, 1.807) is 0 Å². The molecule has 1 aliphatic rings. The van der Waals surface area contributed by atoms with Crippen molar-refractivity contribution in [1.29, 1.82) is 0 Å². The summed E-state index contributed by atoms with van der Waals surface area (Å²) in [6.07, 6.45) is 7.40. The fourth-order valence-corrected chi connectivity index (χ4v) is 1.52. The smallest absolute Gasteiger partial charge is 0.222 e. The third kappa shape index (κ3) is 1.30. The molecule has 0 aliphatic carbocycles. The summed E-state index contributed by atoms with van der Waals surface area (Å²) >= 11 is 0. The molecule has 0 aromatic rings. The molecule has 1 heterocycles. The van der Waals surface area contributed by atoms with Crippen LogP contribution in [-0.2, 0) is 0 Å². The van der Waals surface area contributed by atoms with Gasteiger partial charge in [-0.25, -0.2) is 0 Å². The summed E-state index contributed by atoms with van der Waals surface area (Å²) in [5.74, 6) is 2.53. The van der Waals surface area contributed by atoms with Crippen LogP contribution in [0.4, 0.5) is 4.39 Å². The van der Waals surface area contributed by atoms with E-state index in [9.17, 15) is 4.39 Å². The van der Waals surface area contributed by atoms with Gasteiger partial charge < -0.3 is 0 Å². The number of rotatable bonds is 2. The second-order valence-electron chi connectivity index (χ2n) is 2.98. The molecule has 0 spiro atoms. The second kappa shape index (κ2) is 3.03. The summed E-state index contributed by atoms with van der Waals surface area (Å²) < 4.78 is 12.9. The van der Waals surface area contributed by atoms with Gasteiger partial charge in [0.2, 0.25) is 6.80 Å². The van der Waals surface area contributed by atoms with Crippen molar-refractivity contribution in [2.75, 3.05) is 26.4 Å². The van der Waals surface area contributed by atoms with Gasteiger partial charge >= 0.3 is 0 Å². The molecule has 0 radical (unpaired) electrons. The van der Waals surface area contributed by atoms with Crippen molar-refractivity contribution < 1.29 is 8.87 Å². The molecule has 56 valence electrons. The molecule has 0 aromatic heterocycles. The van der Waals surface area contributed by atoms with Crippen LogP contribution in [0.1, 0.15) is 12.8 Å². The third-order valence-corrected chi connectivity index (χ3v) is 2.20. The van der Waals surface area contributed by atoms with Crippen LogP contribution in [0, 0.1) is 12.3 Å². The van der Waals surface area contributed by atoms with Gasteiger partial charge in [-0.15, -0.1) is 6.42 Å². The highest BCUT2D eigenvalue weighted by Gasteiger charge is 2.30. The monoisotopic (exact) mass is 142 g/mol. The van der Waals surface area contributed by atoms with Gasteiger partial charge in [0, 0.05) is 12.8 Å². The van der Waals surface area contributed by atoms with Crippen molar-refractivity contribution >= 4 is 0 Å². The molecule has 0 atom stereocenters. The van der Waals surface area contributed by atoms with E-state index in [2.05, 4.69) is 5.92 Å². The molecule has 0 bridgehead atoms. The van der Waals surface area contributed by atoms with Crippen LogP contribution in [0.2, 0.25) is 0 Å². The van der Waals surface area contributed by atoms with E-state index < -0.39 is 0 Å².